The summed E-state index contributed by atoms with van der Waals surface area (Å²) in [4.78, 5) is 28.6. The maximum atomic E-state index is 12.2. The predicted octanol–water partition coefficient (Wildman–Crippen LogP) is 2.85. The Morgan fingerprint density at radius 2 is 2.00 bits per heavy atom. The van der Waals surface area contributed by atoms with Crippen molar-refractivity contribution >= 4 is 12.0 Å². The summed E-state index contributed by atoms with van der Waals surface area (Å²) in [6, 6.07) is 8.81. The molecule has 0 aliphatic heterocycles. The molecule has 0 bridgehead atoms. The Labute approximate surface area is 146 Å². The Balaban J connectivity index is 1.92. The van der Waals surface area contributed by atoms with E-state index in [1.54, 1.807) is 14.1 Å². The highest BCUT2D eigenvalue weighted by Crippen LogP contribution is 2.28. The normalized spacial score (nSPS) is 22.4. The van der Waals surface area contributed by atoms with Gasteiger partial charge in [0, 0.05) is 37.0 Å². The maximum Gasteiger partial charge on any atom is 0.407 e. The fourth-order valence-electron chi connectivity index (χ4n) is 3.07. The van der Waals surface area contributed by atoms with Crippen LogP contribution in [0.1, 0.15) is 24.8 Å². The first-order valence-electron chi connectivity index (χ1n) is 8.22. The van der Waals surface area contributed by atoms with E-state index < -0.39 is 6.09 Å². The van der Waals surface area contributed by atoms with Crippen LogP contribution in [-0.2, 0) is 16.1 Å². The fourth-order valence-corrected chi connectivity index (χ4v) is 3.07. The smallest absolute Gasteiger partial charge is 0.407 e. The molecule has 2 rings (SSSR count). The molecule has 1 aliphatic rings. The first-order chi connectivity index (χ1) is 12.0. The van der Waals surface area contributed by atoms with Gasteiger partial charge in [-0.05, 0) is 30.4 Å². The van der Waals surface area contributed by atoms with Gasteiger partial charge < -0.3 is 15.0 Å². The van der Waals surface area contributed by atoms with Crippen molar-refractivity contribution < 1.29 is 14.3 Å². The molecule has 0 heterocycles. The van der Waals surface area contributed by atoms with Crippen molar-refractivity contribution in [3.63, 3.8) is 0 Å². The van der Waals surface area contributed by atoms with Gasteiger partial charge in [-0.15, -0.1) is 0 Å². The van der Waals surface area contributed by atoms with Crippen molar-refractivity contribution in [2.45, 2.75) is 38.0 Å². The van der Waals surface area contributed by atoms with Gasteiger partial charge in [-0.1, -0.05) is 35.4 Å². The molecule has 134 valence electrons. The molecule has 3 atom stereocenters. The minimum Gasteiger partial charge on any atom is -0.445 e. The Morgan fingerprint density at radius 3 is 2.64 bits per heavy atom. The van der Waals surface area contributed by atoms with Crippen molar-refractivity contribution in [3.8, 4) is 0 Å². The van der Waals surface area contributed by atoms with Crippen LogP contribution in [0.4, 0.5) is 4.79 Å². The van der Waals surface area contributed by atoms with E-state index in [0.717, 1.165) is 5.56 Å². The monoisotopic (exact) mass is 345 g/mol. The highest BCUT2D eigenvalue weighted by Gasteiger charge is 2.34. The number of ether oxygens (including phenoxy) is 1. The lowest BCUT2D eigenvalue weighted by molar-refractivity contribution is -0.134. The molecule has 0 aromatic heterocycles. The Bertz CT molecular complexity index is 643. The van der Waals surface area contributed by atoms with Crippen molar-refractivity contribution in [2.75, 3.05) is 14.1 Å². The van der Waals surface area contributed by atoms with E-state index in [1.165, 1.54) is 4.90 Å². The average Bonchev–Trinajstić information content (AvgIpc) is 2.60. The van der Waals surface area contributed by atoms with Crippen LogP contribution in [0.2, 0.25) is 0 Å². The summed E-state index contributed by atoms with van der Waals surface area (Å²) in [5.41, 5.74) is 9.58. The summed E-state index contributed by atoms with van der Waals surface area (Å²) >= 11 is 0. The topological polar surface area (TPSA) is 107 Å². The standard InChI is InChI=1S/C17H23N5O3/c1-22(2)16(23)13-8-14(10-15(9-13)20-21-18)19-17(24)25-11-12-6-4-3-5-7-12/h3-7,13-15H,8-11H2,1-2H3,(H,19,24)/t13-,14+,15-/m1/s1. The molecule has 0 spiro atoms. The van der Waals surface area contributed by atoms with Crippen LogP contribution in [0, 0.1) is 5.92 Å². The second-order valence-corrected chi connectivity index (χ2v) is 6.40. The van der Waals surface area contributed by atoms with Crippen LogP contribution >= 0.6 is 0 Å². The number of azide groups is 1. The molecular weight excluding hydrogens is 322 g/mol. The second kappa shape index (κ2) is 8.94. The Kier molecular flexibility index (Phi) is 6.65. The third kappa shape index (κ3) is 5.69. The zero-order valence-electron chi connectivity index (χ0n) is 14.5. The van der Waals surface area contributed by atoms with E-state index in [-0.39, 0.29) is 30.5 Å². The highest BCUT2D eigenvalue weighted by atomic mass is 16.5. The lowest BCUT2D eigenvalue weighted by atomic mass is 9.82. The van der Waals surface area contributed by atoms with Crippen LogP contribution in [0.15, 0.2) is 35.4 Å². The molecule has 1 aliphatic carbocycles. The van der Waals surface area contributed by atoms with Crippen molar-refractivity contribution in [1.82, 2.24) is 10.2 Å². The van der Waals surface area contributed by atoms with E-state index in [4.69, 9.17) is 10.3 Å². The fraction of sp³-hybridized carbons (Fsp3) is 0.529. The molecule has 1 aromatic rings. The molecule has 0 saturated heterocycles. The van der Waals surface area contributed by atoms with Crippen LogP contribution in [0.3, 0.4) is 0 Å². The molecule has 1 fully saturated rings. The van der Waals surface area contributed by atoms with Crippen molar-refractivity contribution in [2.24, 2.45) is 11.0 Å². The van der Waals surface area contributed by atoms with Gasteiger partial charge in [0.05, 0.1) is 0 Å². The van der Waals surface area contributed by atoms with E-state index in [9.17, 15) is 9.59 Å². The minimum atomic E-state index is -0.536. The summed E-state index contributed by atoms with van der Waals surface area (Å²) in [7, 11) is 3.38. The Morgan fingerprint density at radius 1 is 1.28 bits per heavy atom. The summed E-state index contributed by atoms with van der Waals surface area (Å²) in [6.45, 7) is 0.180. The molecule has 0 unspecified atom stereocenters. The maximum absolute atomic E-state index is 12.2. The molecule has 25 heavy (non-hydrogen) atoms. The summed E-state index contributed by atoms with van der Waals surface area (Å²) in [6.07, 6.45) is 0.973. The van der Waals surface area contributed by atoms with Gasteiger partial charge in [0.25, 0.3) is 0 Å². The van der Waals surface area contributed by atoms with E-state index in [1.807, 2.05) is 30.3 Å². The minimum absolute atomic E-state index is 0.0257. The molecule has 1 aromatic carbocycles. The number of nitrogens with one attached hydrogen (secondary N) is 1. The quantitative estimate of drug-likeness (QED) is 0.503. The number of amides is 2. The largest absolute Gasteiger partial charge is 0.445 e. The zero-order chi connectivity index (χ0) is 18.2. The first kappa shape index (κ1) is 18.6. The number of rotatable bonds is 5. The van der Waals surface area contributed by atoms with Crippen molar-refractivity contribution in [3.05, 3.63) is 46.3 Å². The summed E-state index contributed by atoms with van der Waals surface area (Å²) in [5.74, 6) is -0.305. The summed E-state index contributed by atoms with van der Waals surface area (Å²) in [5, 5.41) is 6.53. The Hall–Kier alpha value is -2.73. The lowest BCUT2D eigenvalue weighted by Crippen LogP contribution is -2.45. The van der Waals surface area contributed by atoms with Gasteiger partial charge in [-0.25, -0.2) is 4.79 Å². The second-order valence-electron chi connectivity index (χ2n) is 6.40. The molecule has 1 saturated carbocycles. The van der Waals surface area contributed by atoms with Gasteiger partial charge in [0.2, 0.25) is 5.91 Å². The van der Waals surface area contributed by atoms with Gasteiger partial charge in [0.15, 0.2) is 0 Å². The number of carbonyl (C=O) groups excluding carboxylic acids is 2. The number of carbonyl (C=O) groups is 2. The SMILES string of the molecule is CN(C)C(=O)[C@H]1C[C@@H](N=[N+]=[N-])C[C@@H](NC(=O)OCc2ccccc2)C1. The third-order valence-electron chi connectivity index (χ3n) is 4.22. The van der Waals surface area contributed by atoms with Crippen LogP contribution in [0.5, 0.6) is 0 Å². The zero-order valence-corrected chi connectivity index (χ0v) is 14.5. The molecule has 2 amide bonds. The number of nitrogens with zero attached hydrogens (tertiary/aromatic N) is 4. The lowest BCUT2D eigenvalue weighted by Gasteiger charge is -2.33. The molecule has 8 nitrogen and oxygen atoms in total. The van der Waals surface area contributed by atoms with E-state index >= 15 is 0 Å². The van der Waals surface area contributed by atoms with Gasteiger partial charge in [-0.2, -0.15) is 0 Å². The predicted molar refractivity (Wildman–Crippen MR) is 92.5 cm³/mol. The number of hydrogen-bond donors (Lipinski definition) is 1. The average molecular weight is 345 g/mol. The van der Waals surface area contributed by atoms with Gasteiger partial charge in [0.1, 0.15) is 6.61 Å². The van der Waals surface area contributed by atoms with E-state index in [0.29, 0.717) is 19.3 Å². The highest BCUT2D eigenvalue weighted by molar-refractivity contribution is 5.78. The molecular formula is C17H23N5O3. The van der Waals surface area contributed by atoms with E-state index in [2.05, 4.69) is 15.3 Å². The van der Waals surface area contributed by atoms with Crippen LogP contribution in [-0.4, -0.2) is 43.1 Å². The number of alkyl carbamates (subject to hydrolysis) is 1. The number of hydrogen-bond acceptors (Lipinski definition) is 4. The van der Waals surface area contributed by atoms with Crippen molar-refractivity contribution in [1.29, 1.82) is 0 Å². The van der Waals surface area contributed by atoms with Gasteiger partial charge in [-0.3, -0.25) is 4.79 Å². The molecule has 8 heteroatoms. The number of benzene rings is 1. The molecule has 1 N–H and O–H groups in total. The van der Waals surface area contributed by atoms with Crippen LogP contribution in [0.25, 0.3) is 10.4 Å². The third-order valence-corrected chi connectivity index (χ3v) is 4.22. The van der Waals surface area contributed by atoms with Crippen LogP contribution < -0.4 is 5.32 Å². The van der Waals surface area contributed by atoms with Gasteiger partial charge >= 0.3 is 6.09 Å². The first-order valence-corrected chi connectivity index (χ1v) is 8.22. The molecule has 0 radical (unpaired) electrons. The summed E-state index contributed by atoms with van der Waals surface area (Å²) < 4.78 is 5.22.